The van der Waals surface area contributed by atoms with E-state index in [1.54, 1.807) is 6.92 Å². The van der Waals surface area contributed by atoms with Gasteiger partial charge in [-0.25, -0.2) is 0 Å². The maximum absolute atomic E-state index is 11.7. The molecular weight excluding hydrogens is 180 g/mol. The first kappa shape index (κ1) is 11.5. The molecule has 4 nitrogen and oxygen atoms in total. The predicted octanol–water partition coefficient (Wildman–Crippen LogP) is -0.0323. The van der Waals surface area contributed by atoms with Crippen LogP contribution >= 0.6 is 0 Å². The maximum atomic E-state index is 11.7. The summed E-state index contributed by atoms with van der Waals surface area (Å²) in [6.07, 6.45) is 1.84. The fraction of sp³-hybridized carbons (Fsp3) is 0.900. The van der Waals surface area contributed by atoms with E-state index < -0.39 is 6.10 Å². The second kappa shape index (κ2) is 5.32. The fourth-order valence-electron chi connectivity index (χ4n) is 1.65. The average molecular weight is 200 g/mol. The Morgan fingerprint density at radius 3 is 2.50 bits per heavy atom. The van der Waals surface area contributed by atoms with Crippen LogP contribution in [0.4, 0.5) is 0 Å². The number of nitrogens with zero attached hydrogens (tertiary/aromatic N) is 1. The zero-order valence-corrected chi connectivity index (χ0v) is 8.99. The van der Waals surface area contributed by atoms with Gasteiger partial charge in [-0.15, -0.1) is 0 Å². The van der Waals surface area contributed by atoms with Crippen LogP contribution in [0, 0.1) is 0 Å². The largest absolute Gasteiger partial charge is 0.392 e. The van der Waals surface area contributed by atoms with Crippen molar-refractivity contribution < 1.29 is 9.90 Å². The molecule has 0 aromatic carbocycles. The molecule has 0 radical (unpaired) electrons. The van der Waals surface area contributed by atoms with Crippen LogP contribution in [0.2, 0.25) is 0 Å². The van der Waals surface area contributed by atoms with E-state index in [1.165, 1.54) is 0 Å². The van der Waals surface area contributed by atoms with Crippen molar-refractivity contribution in [1.82, 2.24) is 10.2 Å². The van der Waals surface area contributed by atoms with Gasteiger partial charge in [-0.05, 0) is 26.7 Å². The number of rotatable bonds is 4. The molecule has 0 aromatic rings. The van der Waals surface area contributed by atoms with Gasteiger partial charge in [-0.1, -0.05) is 0 Å². The van der Waals surface area contributed by atoms with Gasteiger partial charge in [0.25, 0.3) is 0 Å². The molecule has 2 N–H and O–H groups in total. The fourth-order valence-corrected chi connectivity index (χ4v) is 1.65. The normalized spacial score (nSPS) is 20.9. The monoisotopic (exact) mass is 200 g/mol. The van der Waals surface area contributed by atoms with E-state index in [0.29, 0.717) is 6.54 Å². The summed E-state index contributed by atoms with van der Waals surface area (Å²) in [5.41, 5.74) is 0. The molecule has 1 unspecified atom stereocenters. The first-order chi connectivity index (χ1) is 6.61. The SMILES string of the molecule is CC(NC[C@@H](C)O)C(=O)N1CCCC1. The van der Waals surface area contributed by atoms with Crippen LogP contribution in [0.1, 0.15) is 26.7 Å². The molecule has 0 spiro atoms. The number of carbonyl (C=O) groups excluding carboxylic acids is 1. The summed E-state index contributed by atoms with van der Waals surface area (Å²) in [5.74, 6) is 0.156. The summed E-state index contributed by atoms with van der Waals surface area (Å²) in [6.45, 7) is 5.81. The van der Waals surface area contributed by atoms with E-state index in [4.69, 9.17) is 5.11 Å². The number of hydrogen-bond donors (Lipinski definition) is 2. The summed E-state index contributed by atoms with van der Waals surface area (Å²) in [4.78, 5) is 13.6. The number of hydrogen-bond acceptors (Lipinski definition) is 3. The van der Waals surface area contributed by atoms with Gasteiger partial charge in [0.1, 0.15) is 0 Å². The van der Waals surface area contributed by atoms with Gasteiger partial charge in [0.2, 0.25) is 5.91 Å². The average Bonchev–Trinajstić information content (AvgIpc) is 2.65. The Balaban J connectivity index is 2.28. The zero-order valence-electron chi connectivity index (χ0n) is 8.99. The van der Waals surface area contributed by atoms with Crippen molar-refractivity contribution in [2.24, 2.45) is 0 Å². The Hall–Kier alpha value is -0.610. The Morgan fingerprint density at radius 1 is 1.43 bits per heavy atom. The second-order valence-electron chi connectivity index (χ2n) is 4.01. The standard InChI is InChI=1S/C10H20N2O2/c1-8(13)7-11-9(2)10(14)12-5-3-4-6-12/h8-9,11,13H,3-7H2,1-2H3/t8-,9?/m1/s1. The lowest BCUT2D eigenvalue weighted by atomic mass is 10.2. The number of nitrogens with one attached hydrogen (secondary N) is 1. The molecule has 0 aliphatic carbocycles. The van der Waals surface area contributed by atoms with Gasteiger partial charge in [0.05, 0.1) is 12.1 Å². The Labute approximate surface area is 85.3 Å². The molecule has 82 valence electrons. The van der Waals surface area contributed by atoms with Crippen molar-refractivity contribution >= 4 is 5.91 Å². The van der Waals surface area contributed by atoms with Crippen LogP contribution in [0.3, 0.4) is 0 Å². The third-order valence-electron chi connectivity index (χ3n) is 2.51. The minimum Gasteiger partial charge on any atom is -0.392 e. The van der Waals surface area contributed by atoms with Crippen LogP contribution in [-0.2, 0) is 4.79 Å². The van der Waals surface area contributed by atoms with E-state index in [9.17, 15) is 4.79 Å². The highest BCUT2D eigenvalue weighted by Gasteiger charge is 2.22. The summed E-state index contributed by atoms with van der Waals surface area (Å²) in [7, 11) is 0. The molecule has 14 heavy (non-hydrogen) atoms. The van der Waals surface area contributed by atoms with Crippen molar-refractivity contribution in [2.45, 2.75) is 38.8 Å². The Morgan fingerprint density at radius 2 is 2.00 bits per heavy atom. The molecule has 1 saturated heterocycles. The highest BCUT2D eigenvalue weighted by atomic mass is 16.3. The molecule has 2 atom stereocenters. The van der Waals surface area contributed by atoms with Crippen molar-refractivity contribution in [1.29, 1.82) is 0 Å². The summed E-state index contributed by atoms with van der Waals surface area (Å²) in [6, 6.07) is -0.178. The van der Waals surface area contributed by atoms with Crippen LogP contribution in [0.15, 0.2) is 0 Å². The van der Waals surface area contributed by atoms with Crippen molar-refractivity contribution in [2.75, 3.05) is 19.6 Å². The topological polar surface area (TPSA) is 52.6 Å². The predicted molar refractivity (Wildman–Crippen MR) is 55.0 cm³/mol. The molecule has 1 rings (SSSR count). The first-order valence-corrected chi connectivity index (χ1v) is 5.31. The molecule has 1 aliphatic rings. The third-order valence-corrected chi connectivity index (χ3v) is 2.51. The van der Waals surface area contributed by atoms with E-state index >= 15 is 0 Å². The summed E-state index contributed by atoms with van der Waals surface area (Å²) >= 11 is 0. The van der Waals surface area contributed by atoms with Gasteiger partial charge in [-0.3, -0.25) is 4.79 Å². The van der Waals surface area contributed by atoms with Crippen LogP contribution in [0.5, 0.6) is 0 Å². The Kier molecular flexibility index (Phi) is 4.35. The second-order valence-corrected chi connectivity index (χ2v) is 4.01. The molecule has 0 aromatic heterocycles. The van der Waals surface area contributed by atoms with Gasteiger partial charge in [0.15, 0.2) is 0 Å². The molecule has 1 amide bonds. The van der Waals surface area contributed by atoms with Gasteiger partial charge < -0.3 is 15.3 Å². The molecule has 4 heteroatoms. The number of likely N-dealkylation sites (tertiary alicyclic amines) is 1. The van der Waals surface area contributed by atoms with E-state index in [1.807, 2.05) is 11.8 Å². The van der Waals surface area contributed by atoms with E-state index in [-0.39, 0.29) is 11.9 Å². The quantitative estimate of drug-likeness (QED) is 0.670. The first-order valence-electron chi connectivity index (χ1n) is 5.31. The summed E-state index contributed by atoms with van der Waals surface area (Å²) in [5, 5.41) is 12.1. The lowest BCUT2D eigenvalue weighted by Gasteiger charge is -2.21. The number of aliphatic hydroxyl groups is 1. The van der Waals surface area contributed by atoms with Crippen LogP contribution < -0.4 is 5.32 Å². The van der Waals surface area contributed by atoms with Gasteiger partial charge in [0, 0.05) is 19.6 Å². The van der Waals surface area contributed by atoms with Gasteiger partial charge in [-0.2, -0.15) is 0 Å². The minimum atomic E-state index is -0.399. The van der Waals surface area contributed by atoms with Crippen LogP contribution in [-0.4, -0.2) is 47.7 Å². The van der Waals surface area contributed by atoms with Crippen molar-refractivity contribution in [3.63, 3.8) is 0 Å². The molecule has 1 aliphatic heterocycles. The minimum absolute atomic E-state index is 0.156. The lowest BCUT2D eigenvalue weighted by molar-refractivity contribution is -0.132. The molecule has 0 saturated carbocycles. The van der Waals surface area contributed by atoms with Gasteiger partial charge >= 0.3 is 0 Å². The third kappa shape index (κ3) is 3.27. The highest BCUT2D eigenvalue weighted by molar-refractivity contribution is 5.81. The summed E-state index contributed by atoms with van der Waals surface area (Å²) < 4.78 is 0. The zero-order chi connectivity index (χ0) is 10.6. The lowest BCUT2D eigenvalue weighted by Crippen LogP contribution is -2.45. The molecule has 0 bridgehead atoms. The van der Waals surface area contributed by atoms with Crippen LogP contribution in [0.25, 0.3) is 0 Å². The highest BCUT2D eigenvalue weighted by Crippen LogP contribution is 2.08. The molecule has 1 fully saturated rings. The van der Waals surface area contributed by atoms with E-state index in [2.05, 4.69) is 5.32 Å². The Bertz CT molecular complexity index is 189. The smallest absolute Gasteiger partial charge is 0.239 e. The number of carbonyl (C=O) groups is 1. The molecular formula is C10H20N2O2. The molecule has 1 heterocycles. The van der Waals surface area contributed by atoms with Crippen molar-refractivity contribution in [3.8, 4) is 0 Å². The maximum Gasteiger partial charge on any atom is 0.239 e. The van der Waals surface area contributed by atoms with Crippen molar-refractivity contribution in [3.05, 3.63) is 0 Å². The number of amides is 1. The number of aliphatic hydroxyl groups excluding tert-OH is 1. The van der Waals surface area contributed by atoms with E-state index in [0.717, 1.165) is 25.9 Å².